The van der Waals surface area contributed by atoms with E-state index in [0.29, 0.717) is 38.6 Å². The zero-order valence-electron chi connectivity index (χ0n) is 49.4. The highest BCUT2D eigenvalue weighted by atomic mass is 32.5. The molecule has 2 aliphatic rings. The lowest BCUT2D eigenvalue weighted by molar-refractivity contribution is -0.0929. The van der Waals surface area contributed by atoms with Gasteiger partial charge in [0.1, 0.15) is 71.0 Å². The van der Waals surface area contributed by atoms with Crippen LogP contribution in [0.5, 0.6) is 11.5 Å². The molecule has 5 heterocycles. The molecule has 0 spiro atoms. The molecule has 27 heteroatoms. The van der Waals surface area contributed by atoms with Crippen LogP contribution in [-0.4, -0.2) is 118 Å². The monoisotopic (exact) mass is 1280 g/mol. The number of hydrogen-bond acceptors (Lipinski definition) is 19. The Morgan fingerprint density at radius 2 is 1.48 bits per heavy atom. The Morgan fingerprint density at radius 3 is 2.10 bits per heavy atom. The zero-order valence-corrected chi connectivity index (χ0v) is 53.8. The van der Waals surface area contributed by atoms with Crippen LogP contribution in [-0.2, 0) is 54.0 Å². The number of nitrogens with zero attached hydrogens (tertiary/aromatic N) is 8. The fraction of sp³-hybridized carbons (Fsp3) is 0.400. The molecule has 2 N–H and O–H groups in total. The first-order valence-corrected chi connectivity index (χ1v) is 35.5. The number of aromatic nitrogens is 7. The highest BCUT2D eigenvalue weighted by Crippen LogP contribution is 2.57. The molecule has 4 aromatic heterocycles. The number of nitrogens with one attached hydrogen (secondary N) is 1. The lowest BCUT2D eigenvalue weighted by Gasteiger charge is -2.42. The van der Waals surface area contributed by atoms with Crippen LogP contribution in [0, 0.1) is 25.3 Å². The quantitative estimate of drug-likeness (QED) is 0.0188. The highest BCUT2D eigenvalue weighted by Gasteiger charge is 2.56. The van der Waals surface area contributed by atoms with Gasteiger partial charge in [-0.2, -0.15) is 0 Å². The second-order valence-electron chi connectivity index (χ2n) is 22.7. The Kier molecular flexibility index (Phi) is 19.4. The highest BCUT2D eigenvalue weighted by molar-refractivity contribution is 8.07. The SMILES string of the molecule is [C-]#[N+]CCOP(=S)(OC[C@H]1C[C@@H](n2c(=O)sc3c(NC(=O)c4ccccc4)ncnc32)[C@H](C)[C@@H]1O[P+](=O)O)O[C@@H]1[C@H](O[Si](C)(C)C(C)(C)C)[C@@H](COC(c2ccccc2)(c2ccc(OC)cc2)c2ccc(OC)cc2)O[C@H]1n1cnc2c(C)ncnc21. The molecular formula is C60H68N9O13P2S2Si+. The molecule has 1 aliphatic carbocycles. The maximum absolute atomic E-state index is 14.2. The Labute approximate surface area is 514 Å². The third-order valence-corrected chi connectivity index (χ3v) is 24.7. The van der Waals surface area contributed by atoms with Crippen molar-refractivity contribution in [1.29, 1.82) is 0 Å². The van der Waals surface area contributed by atoms with Crippen LogP contribution in [0.2, 0.25) is 18.1 Å². The first-order valence-electron chi connectivity index (χ1n) is 28.1. The Morgan fingerprint density at radius 1 is 0.862 bits per heavy atom. The molecule has 1 saturated carbocycles. The number of thiazole rings is 1. The Bertz CT molecular complexity index is 3840. The average molecular weight is 1280 g/mol. The Hall–Kier alpha value is -6.59. The summed E-state index contributed by atoms with van der Waals surface area (Å²) in [5.41, 5.74) is 3.32. The van der Waals surface area contributed by atoms with Gasteiger partial charge in [-0.3, -0.25) is 23.2 Å². The minimum atomic E-state index is -4.10. The molecule has 8 aromatic rings. The van der Waals surface area contributed by atoms with Gasteiger partial charge in [0.05, 0.1) is 39.5 Å². The molecule has 2 unspecified atom stereocenters. The summed E-state index contributed by atoms with van der Waals surface area (Å²) in [5.74, 6) is -0.265. The number of carbonyl (C=O) groups excluding carboxylic acids is 1. The smallest absolute Gasteiger partial charge is 0.497 e. The third-order valence-electron chi connectivity index (χ3n) is 16.5. The van der Waals surface area contributed by atoms with Crippen LogP contribution in [0.15, 0.2) is 133 Å². The molecular weight excluding hydrogens is 1210 g/mol. The van der Waals surface area contributed by atoms with Gasteiger partial charge in [-0.15, -0.1) is 9.42 Å². The van der Waals surface area contributed by atoms with Gasteiger partial charge in [0.2, 0.25) is 6.54 Å². The fourth-order valence-electron chi connectivity index (χ4n) is 11.0. The van der Waals surface area contributed by atoms with Gasteiger partial charge in [0, 0.05) is 28.0 Å². The number of benzene rings is 4. The molecule has 22 nitrogen and oxygen atoms in total. The zero-order chi connectivity index (χ0) is 61.8. The van der Waals surface area contributed by atoms with E-state index in [2.05, 4.69) is 59.0 Å². The summed E-state index contributed by atoms with van der Waals surface area (Å²) in [6.45, 7) is 17.3. The van der Waals surface area contributed by atoms with Crippen molar-refractivity contribution < 1.29 is 55.7 Å². The molecule has 87 heavy (non-hydrogen) atoms. The van der Waals surface area contributed by atoms with Crippen molar-refractivity contribution in [2.45, 2.75) is 101 Å². The number of amides is 1. The lowest BCUT2D eigenvalue weighted by atomic mass is 9.80. The first-order chi connectivity index (χ1) is 41.7. The summed E-state index contributed by atoms with van der Waals surface area (Å²) < 4.78 is 76.4. The molecule has 10 atom stereocenters. The minimum absolute atomic E-state index is 0.0975. The normalized spacial score (nSPS) is 21.6. The number of anilines is 1. The van der Waals surface area contributed by atoms with Crippen molar-refractivity contribution in [2.24, 2.45) is 11.8 Å². The Balaban J connectivity index is 1.04. The van der Waals surface area contributed by atoms with Crippen LogP contribution in [0.25, 0.3) is 26.4 Å². The van der Waals surface area contributed by atoms with Crippen molar-refractivity contribution in [1.82, 2.24) is 34.1 Å². The molecule has 0 radical (unpaired) electrons. The summed E-state index contributed by atoms with van der Waals surface area (Å²) in [5, 5.41) is 2.47. The van der Waals surface area contributed by atoms with E-state index in [1.54, 1.807) is 55.4 Å². The number of imidazole rings is 1. The van der Waals surface area contributed by atoms with E-state index in [1.807, 2.05) is 92.7 Å². The summed E-state index contributed by atoms with van der Waals surface area (Å²) in [7, 11) is -2.79. The molecule has 10 rings (SSSR count). The average Bonchev–Trinajstić information content (AvgIpc) is 1.83. The van der Waals surface area contributed by atoms with Gasteiger partial charge in [0.25, 0.3) is 5.91 Å². The topological polar surface area (TPSA) is 245 Å². The van der Waals surface area contributed by atoms with Crippen LogP contribution in [0.4, 0.5) is 5.82 Å². The third kappa shape index (κ3) is 13.3. The first kappa shape index (κ1) is 63.4. The van der Waals surface area contributed by atoms with Crippen molar-refractivity contribution in [3.8, 4) is 11.5 Å². The number of methoxy groups -OCH3 is 2. The summed E-state index contributed by atoms with van der Waals surface area (Å²) in [6, 6.07) is 33.3. The molecule has 1 aliphatic heterocycles. The van der Waals surface area contributed by atoms with Crippen molar-refractivity contribution in [3.63, 3.8) is 0 Å². The van der Waals surface area contributed by atoms with Gasteiger partial charge < -0.3 is 42.6 Å². The van der Waals surface area contributed by atoms with Gasteiger partial charge in [-0.1, -0.05) is 112 Å². The predicted molar refractivity (Wildman–Crippen MR) is 334 cm³/mol. The van der Waals surface area contributed by atoms with E-state index >= 15 is 0 Å². The van der Waals surface area contributed by atoms with Crippen molar-refractivity contribution in [2.75, 3.05) is 45.9 Å². The van der Waals surface area contributed by atoms with Gasteiger partial charge >= 0.3 is 19.8 Å². The summed E-state index contributed by atoms with van der Waals surface area (Å²) in [6.07, 6.45) is -0.641. The van der Waals surface area contributed by atoms with E-state index in [4.69, 9.17) is 69.8 Å². The maximum atomic E-state index is 14.2. The molecule has 1 amide bonds. The standard InChI is InChI=1S/C60H67N9O13P2S2Si/c1-37-46(69-55-52(86-58(69)71)53(63-35-65-55)67-56(70)39-17-13-11-14-18-39)31-40(49(37)80-83(72)73)32-78-84(85,77-30-29-61-6)81-51-50(82-87(9,10)59(3,4)5)47(79-57(51)68-36-66-48-38(2)62-34-64-54(48)68)33-76-60(41-19-15-12-16-20-41,42-21-25-44(74-7)26-22-42)43-23-27-45(75-8)28-24-43/h11-28,34-37,40,46-47,49-51,57H,29-33H2,1-5,7-10H3,(H-,63,65,67,70,72,73)/p+1/t37-,40+,46+,47+,49-,50+,51+,57+,84?/m0/s1. The number of hydrogen-bond donors (Lipinski definition) is 2. The van der Waals surface area contributed by atoms with E-state index in [9.17, 15) is 19.0 Å². The second-order valence-corrected chi connectivity index (χ2v) is 32.1. The molecule has 2 fully saturated rings. The largest absolute Gasteiger partial charge is 0.695 e. The molecule has 456 valence electrons. The van der Waals surface area contributed by atoms with E-state index in [1.165, 1.54) is 17.2 Å². The molecule has 0 bridgehead atoms. The predicted octanol–water partition coefficient (Wildman–Crippen LogP) is 11.4. The minimum Gasteiger partial charge on any atom is -0.497 e. The molecule has 1 saturated heterocycles. The fourth-order valence-corrected chi connectivity index (χ4v) is 15.9. The lowest BCUT2D eigenvalue weighted by Crippen LogP contribution is -2.50. The number of aryl methyl sites for hydroxylation is 1. The maximum Gasteiger partial charge on any atom is 0.695 e. The summed E-state index contributed by atoms with van der Waals surface area (Å²) >= 11 is 7.33. The van der Waals surface area contributed by atoms with Crippen molar-refractivity contribution in [3.05, 3.63) is 177 Å². The van der Waals surface area contributed by atoms with Crippen LogP contribution < -0.4 is 19.7 Å². The van der Waals surface area contributed by atoms with E-state index in [0.717, 1.165) is 28.0 Å². The van der Waals surface area contributed by atoms with Gasteiger partial charge in [-0.25, -0.2) is 31.5 Å². The van der Waals surface area contributed by atoms with Crippen molar-refractivity contribution >= 4 is 79.7 Å². The van der Waals surface area contributed by atoms with Gasteiger partial charge in [0.15, 0.2) is 31.7 Å². The van der Waals surface area contributed by atoms with E-state index in [-0.39, 0.29) is 49.3 Å². The number of fused-ring (bicyclic) bond motifs is 2. The number of carbonyl (C=O) groups is 1. The van der Waals surface area contributed by atoms with Crippen LogP contribution in [0.1, 0.15) is 79.1 Å². The number of rotatable bonds is 24. The van der Waals surface area contributed by atoms with E-state index < -0.39 is 88.2 Å². The molecule has 4 aromatic carbocycles. The van der Waals surface area contributed by atoms with Crippen LogP contribution in [0.3, 0.4) is 0 Å². The summed E-state index contributed by atoms with van der Waals surface area (Å²) in [4.78, 5) is 63.7. The number of ether oxygens (including phenoxy) is 4. The second kappa shape index (κ2) is 26.6. The van der Waals surface area contributed by atoms with Gasteiger partial charge in [-0.05, 0) is 96.4 Å². The van der Waals surface area contributed by atoms with Crippen LogP contribution >= 0.6 is 26.3 Å².